The molecule has 0 bridgehead atoms. The lowest BCUT2D eigenvalue weighted by atomic mass is 9.96. The number of aliphatic imine (C=N–C) groups is 3. The van der Waals surface area contributed by atoms with Crippen molar-refractivity contribution in [1.82, 2.24) is 36.8 Å². The number of nitrogens with zero attached hydrogens (tertiary/aromatic N) is 4. The summed E-state index contributed by atoms with van der Waals surface area (Å²) in [6.45, 7) is 3.21. The van der Waals surface area contributed by atoms with Crippen molar-refractivity contribution in [2.24, 2.45) is 61.0 Å². The van der Waals surface area contributed by atoms with Gasteiger partial charge in [0, 0.05) is 39.0 Å². The fourth-order valence-corrected chi connectivity index (χ4v) is 8.26. The molecule has 9 atom stereocenters. The van der Waals surface area contributed by atoms with Crippen LogP contribution in [0.5, 0.6) is 11.5 Å². The van der Waals surface area contributed by atoms with Crippen LogP contribution in [-0.2, 0) is 51.2 Å². The van der Waals surface area contributed by atoms with E-state index in [4.69, 9.17) is 40.1 Å². The van der Waals surface area contributed by atoms with Crippen molar-refractivity contribution < 1.29 is 53.7 Å². The summed E-state index contributed by atoms with van der Waals surface area (Å²) in [5.41, 5.74) is 39.7. The third kappa shape index (κ3) is 22.1. The Bertz CT molecular complexity index is 2400. The second-order valence-corrected chi connectivity index (χ2v) is 18.9. The number of rotatable bonds is 33. The third-order valence-corrected chi connectivity index (χ3v) is 12.8. The number of aliphatic hydroxyl groups excluding tert-OH is 1. The molecule has 0 radical (unpaired) electrons. The van der Waals surface area contributed by atoms with Crippen LogP contribution in [0.4, 0.5) is 0 Å². The minimum atomic E-state index is -1.67. The SMILES string of the molecule is CC[C@H](C)[C@H](NC(=O)[C@@H](N)CCCN=C(N)N)C(=O)N1CCC[C@H]1C(=O)N[C@@H](CO)C(=O)N[C@@H](Cc1ccc(O)cc1)C(=O)N[C@@H](CCCN=C(N)N)C(=O)N[C@@H](Cc1ccc(O)cc1)C(=O)N[C@H](C=O)CCCN=C(N)N. The number of phenols is 2. The molecule has 0 aromatic heterocycles. The number of benzene rings is 2. The summed E-state index contributed by atoms with van der Waals surface area (Å²) in [6.07, 6.45) is 2.25. The highest BCUT2D eigenvalue weighted by Gasteiger charge is 2.41. The molecule has 2 aromatic carbocycles. The summed E-state index contributed by atoms with van der Waals surface area (Å²) in [6, 6.07) is 1.29. The lowest BCUT2D eigenvalue weighted by Crippen LogP contribution is -2.61. The zero-order chi connectivity index (χ0) is 57.9. The molecule has 28 heteroatoms. The molecule has 0 aliphatic carbocycles. The first-order chi connectivity index (χ1) is 37.1. The Morgan fingerprint density at radius 1 is 0.628 bits per heavy atom. The van der Waals surface area contributed by atoms with Crippen molar-refractivity contribution in [3.63, 3.8) is 0 Å². The minimum Gasteiger partial charge on any atom is -0.508 e. The van der Waals surface area contributed by atoms with Crippen molar-refractivity contribution in [3.8, 4) is 11.5 Å². The maximum atomic E-state index is 14.5. The number of amides is 7. The van der Waals surface area contributed by atoms with Crippen LogP contribution in [0.25, 0.3) is 0 Å². The summed E-state index contributed by atoms with van der Waals surface area (Å²) >= 11 is 0. The number of carbonyl (C=O) groups excluding carboxylic acids is 8. The van der Waals surface area contributed by atoms with Crippen molar-refractivity contribution in [1.29, 1.82) is 0 Å². The monoisotopic (exact) mass is 1090 g/mol. The van der Waals surface area contributed by atoms with Crippen LogP contribution in [0.2, 0.25) is 0 Å². The smallest absolute Gasteiger partial charge is 0.246 e. The molecule has 1 aliphatic heterocycles. The molecule has 28 nitrogen and oxygen atoms in total. The number of aliphatic hydroxyl groups is 1. The van der Waals surface area contributed by atoms with E-state index >= 15 is 0 Å². The highest BCUT2D eigenvalue weighted by Crippen LogP contribution is 2.22. The molecular weight excluding hydrogens is 1010 g/mol. The zero-order valence-electron chi connectivity index (χ0n) is 44.1. The van der Waals surface area contributed by atoms with E-state index in [-0.39, 0.29) is 106 Å². The zero-order valence-corrected chi connectivity index (χ0v) is 44.1. The summed E-state index contributed by atoms with van der Waals surface area (Å²) in [5, 5.41) is 46.2. The number of aldehydes is 1. The summed E-state index contributed by atoms with van der Waals surface area (Å²) in [4.78, 5) is 123. The second kappa shape index (κ2) is 33.0. The fourth-order valence-electron chi connectivity index (χ4n) is 8.26. The molecule has 1 saturated heterocycles. The summed E-state index contributed by atoms with van der Waals surface area (Å²) in [5.74, 6) is -6.57. The normalized spacial score (nSPS) is 15.9. The number of hydrogen-bond donors (Lipinski definition) is 16. The van der Waals surface area contributed by atoms with Gasteiger partial charge in [0.1, 0.15) is 54.0 Å². The Morgan fingerprint density at radius 2 is 1.08 bits per heavy atom. The number of likely N-dealkylation sites (tertiary alicyclic amines) is 1. The van der Waals surface area contributed by atoms with Crippen molar-refractivity contribution in [3.05, 3.63) is 59.7 Å². The molecule has 23 N–H and O–H groups in total. The Labute approximate surface area is 452 Å². The Morgan fingerprint density at radius 3 is 1.55 bits per heavy atom. The predicted molar refractivity (Wildman–Crippen MR) is 290 cm³/mol. The maximum absolute atomic E-state index is 14.5. The van der Waals surface area contributed by atoms with Crippen LogP contribution >= 0.6 is 0 Å². The Hall–Kier alpha value is -8.27. The van der Waals surface area contributed by atoms with Gasteiger partial charge in [0.15, 0.2) is 17.9 Å². The number of aromatic hydroxyl groups is 2. The molecular formula is C50H79N17O11. The molecule has 78 heavy (non-hydrogen) atoms. The predicted octanol–water partition coefficient (Wildman–Crippen LogP) is -4.49. The molecule has 430 valence electrons. The van der Waals surface area contributed by atoms with Crippen LogP contribution < -0.4 is 72.0 Å². The van der Waals surface area contributed by atoms with Crippen LogP contribution in [0.15, 0.2) is 63.5 Å². The van der Waals surface area contributed by atoms with E-state index in [0.29, 0.717) is 43.1 Å². The topological polar surface area (TPSA) is 492 Å². The van der Waals surface area contributed by atoms with Crippen molar-refractivity contribution in [2.75, 3.05) is 32.8 Å². The van der Waals surface area contributed by atoms with Gasteiger partial charge in [-0.3, -0.25) is 48.5 Å². The summed E-state index contributed by atoms with van der Waals surface area (Å²) in [7, 11) is 0. The highest BCUT2D eigenvalue weighted by molar-refractivity contribution is 5.98. The third-order valence-electron chi connectivity index (χ3n) is 12.8. The quantitative estimate of drug-likeness (QED) is 0.0139. The number of carbonyl (C=O) groups is 8. The molecule has 1 heterocycles. The Balaban J connectivity index is 1.90. The van der Waals surface area contributed by atoms with Gasteiger partial charge in [-0.25, -0.2) is 0 Å². The number of phenolic OH excluding ortho intramolecular Hbond substituents is 2. The van der Waals surface area contributed by atoms with Crippen LogP contribution in [0, 0.1) is 5.92 Å². The fraction of sp³-hybridized carbons (Fsp3) is 0.540. The first-order valence-corrected chi connectivity index (χ1v) is 25.7. The van der Waals surface area contributed by atoms with E-state index in [0.717, 1.165) is 0 Å². The first-order valence-electron chi connectivity index (χ1n) is 25.7. The van der Waals surface area contributed by atoms with Gasteiger partial charge in [0.25, 0.3) is 0 Å². The molecule has 3 rings (SSSR count). The van der Waals surface area contributed by atoms with Gasteiger partial charge in [-0.15, -0.1) is 0 Å². The van der Waals surface area contributed by atoms with Gasteiger partial charge < -0.3 is 97.1 Å². The Kier molecular flexibility index (Phi) is 27.1. The largest absolute Gasteiger partial charge is 0.508 e. The average molecular weight is 1090 g/mol. The summed E-state index contributed by atoms with van der Waals surface area (Å²) < 4.78 is 0. The minimum absolute atomic E-state index is 0.0136. The average Bonchev–Trinajstić information content (AvgIpc) is 3.92. The van der Waals surface area contributed by atoms with Crippen LogP contribution in [-0.4, -0.2) is 167 Å². The van der Waals surface area contributed by atoms with Gasteiger partial charge >= 0.3 is 0 Å². The number of hydrogen-bond acceptors (Lipinski definition) is 15. The van der Waals surface area contributed by atoms with Gasteiger partial charge in [-0.05, 0) is 92.7 Å². The van der Waals surface area contributed by atoms with Crippen LogP contribution in [0.1, 0.15) is 82.8 Å². The van der Waals surface area contributed by atoms with E-state index in [1.165, 1.54) is 53.4 Å². The second-order valence-electron chi connectivity index (χ2n) is 18.9. The molecule has 1 aliphatic rings. The number of nitrogens with one attached hydrogen (secondary N) is 6. The molecule has 2 aromatic rings. The maximum Gasteiger partial charge on any atom is 0.246 e. The van der Waals surface area contributed by atoms with E-state index in [1.807, 2.05) is 6.92 Å². The van der Waals surface area contributed by atoms with Crippen molar-refractivity contribution in [2.45, 2.75) is 133 Å². The van der Waals surface area contributed by atoms with E-state index in [9.17, 15) is 53.7 Å². The standard InChI is InChI=1S/C50H79N17O11/c1-3-28(2)40(66-41(72)34(51)9-5-21-59-49(54)55)47(78)67-23-7-11-39(67)46(77)65-38(27-69)45(76)64-37(25-30-14-18-33(71)19-15-30)44(75)62-35(10-6-22-60-50(56)57)42(73)63-36(24-29-12-16-32(70)17-13-29)43(74)61-31(26-68)8-4-20-58-48(52)53/h12-19,26,28,31,34-40,69-71H,3-11,20-25,27,51H2,1-2H3,(H,61,74)(H,62,75)(H,63,73)(H,64,76)(H,65,77)(H,66,72)(H4,52,53,58)(H4,54,55,59)(H4,56,57,60)/t28-,31-,34-,35-,36-,37-,38-,39-,40-/m0/s1. The number of nitrogens with two attached hydrogens (primary N) is 7. The molecule has 0 spiro atoms. The first kappa shape index (κ1) is 64.0. The highest BCUT2D eigenvalue weighted by atomic mass is 16.3. The lowest BCUT2D eigenvalue weighted by Gasteiger charge is -2.32. The molecule has 0 saturated carbocycles. The van der Waals surface area contributed by atoms with Gasteiger partial charge in [0.05, 0.1) is 18.7 Å². The van der Waals surface area contributed by atoms with Gasteiger partial charge in [0.2, 0.25) is 41.4 Å². The molecule has 1 fully saturated rings. The number of guanidine groups is 3. The molecule has 0 unspecified atom stereocenters. The van der Waals surface area contributed by atoms with E-state index < -0.39 is 96.3 Å². The van der Waals surface area contributed by atoms with Crippen LogP contribution in [0.3, 0.4) is 0 Å². The molecule has 7 amide bonds. The van der Waals surface area contributed by atoms with E-state index in [1.54, 1.807) is 6.92 Å². The van der Waals surface area contributed by atoms with E-state index in [2.05, 4.69) is 46.9 Å². The van der Waals surface area contributed by atoms with Gasteiger partial charge in [-0.2, -0.15) is 0 Å². The van der Waals surface area contributed by atoms with Gasteiger partial charge in [-0.1, -0.05) is 44.5 Å². The van der Waals surface area contributed by atoms with Crippen molar-refractivity contribution >= 4 is 65.5 Å². The lowest BCUT2D eigenvalue weighted by molar-refractivity contribution is -0.143.